The summed E-state index contributed by atoms with van der Waals surface area (Å²) in [4.78, 5) is 17.1. The predicted molar refractivity (Wildman–Crippen MR) is 95.4 cm³/mol. The van der Waals surface area contributed by atoms with Crippen molar-refractivity contribution in [3.8, 4) is 5.75 Å². The van der Waals surface area contributed by atoms with Crippen LogP contribution in [0.15, 0.2) is 48.5 Å². The Morgan fingerprint density at radius 1 is 1.17 bits per heavy atom. The Balaban J connectivity index is 1.83. The number of imidazole rings is 1. The van der Waals surface area contributed by atoms with Crippen LogP contribution in [0.3, 0.4) is 0 Å². The molecule has 1 heterocycles. The van der Waals surface area contributed by atoms with Crippen LogP contribution in [-0.4, -0.2) is 22.6 Å². The van der Waals surface area contributed by atoms with Crippen LogP contribution in [0.2, 0.25) is 0 Å². The number of fused-ring (bicyclic) bond motifs is 1. The second-order valence-corrected chi connectivity index (χ2v) is 5.98. The maximum Gasteiger partial charge on any atom is 0.244 e. The summed E-state index contributed by atoms with van der Waals surface area (Å²) in [7, 11) is 1.62. The molecule has 1 aromatic heterocycles. The number of nitrogens with one attached hydrogen (secondary N) is 1. The van der Waals surface area contributed by atoms with Gasteiger partial charge in [-0.25, -0.2) is 4.98 Å². The summed E-state index contributed by atoms with van der Waals surface area (Å²) in [6.07, 6.45) is 0. The van der Waals surface area contributed by atoms with Crippen molar-refractivity contribution in [3.63, 3.8) is 0 Å². The molecule has 3 aromatic rings. The van der Waals surface area contributed by atoms with Gasteiger partial charge in [0.1, 0.15) is 18.1 Å². The molecule has 5 heteroatoms. The molecule has 5 nitrogen and oxygen atoms in total. The summed E-state index contributed by atoms with van der Waals surface area (Å²) in [5.74, 6) is 1.84. The number of benzene rings is 2. The van der Waals surface area contributed by atoms with Gasteiger partial charge in [-0.1, -0.05) is 26.0 Å². The van der Waals surface area contributed by atoms with Gasteiger partial charge in [-0.3, -0.25) is 4.79 Å². The Morgan fingerprint density at radius 3 is 2.54 bits per heavy atom. The van der Waals surface area contributed by atoms with Gasteiger partial charge in [0, 0.05) is 11.6 Å². The standard InChI is InChI=1S/C19H21N3O2/c1-13(2)19-21-16-6-4-5-7-17(16)22(19)12-18(23)20-14-8-10-15(24-3)11-9-14/h4-11,13H,12H2,1-3H3,(H,20,23). The molecule has 0 fully saturated rings. The van der Waals surface area contributed by atoms with E-state index in [2.05, 4.69) is 24.1 Å². The first-order valence-corrected chi connectivity index (χ1v) is 7.97. The Bertz CT molecular complexity index is 851. The summed E-state index contributed by atoms with van der Waals surface area (Å²) in [6.45, 7) is 4.40. The number of nitrogens with zero attached hydrogens (tertiary/aromatic N) is 2. The number of hydrogen-bond acceptors (Lipinski definition) is 3. The fraction of sp³-hybridized carbons (Fsp3) is 0.263. The van der Waals surface area contributed by atoms with Crippen molar-refractivity contribution in [1.82, 2.24) is 9.55 Å². The molecule has 2 aromatic carbocycles. The summed E-state index contributed by atoms with van der Waals surface area (Å²) < 4.78 is 7.11. The molecule has 0 unspecified atom stereocenters. The zero-order chi connectivity index (χ0) is 17.1. The lowest BCUT2D eigenvalue weighted by Gasteiger charge is -2.12. The summed E-state index contributed by atoms with van der Waals surface area (Å²) in [5, 5.41) is 2.92. The molecule has 0 saturated carbocycles. The molecule has 24 heavy (non-hydrogen) atoms. The van der Waals surface area contributed by atoms with E-state index in [-0.39, 0.29) is 18.4 Å². The topological polar surface area (TPSA) is 56.1 Å². The lowest BCUT2D eigenvalue weighted by molar-refractivity contribution is -0.116. The zero-order valence-electron chi connectivity index (χ0n) is 14.1. The van der Waals surface area contributed by atoms with Crippen LogP contribution in [-0.2, 0) is 11.3 Å². The monoisotopic (exact) mass is 323 g/mol. The van der Waals surface area contributed by atoms with E-state index in [1.807, 2.05) is 53.1 Å². The highest BCUT2D eigenvalue weighted by atomic mass is 16.5. The van der Waals surface area contributed by atoms with Gasteiger partial charge in [0.25, 0.3) is 0 Å². The van der Waals surface area contributed by atoms with Crippen LogP contribution >= 0.6 is 0 Å². The van der Waals surface area contributed by atoms with E-state index in [0.717, 1.165) is 28.3 Å². The van der Waals surface area contributed by atoms with E-state index < -0.39 is 0 Å². The van der Waals surface area contributed by atoms with Crippen molar-refractivity contribution < 1.29 is 9.53 Å². The number of carbonyl (C=O) groups excluding carboxylic acids is 1. The number of methoxy groups -OCH3 is 1. The number of rotatable bonds is 5. The van der Waals surface area contributed by atoms with Crippen molar-refractivity contribution in [2.75, 3.05) is 12.4 Å². The molecule has 0 spiro atoms. The van der Waals surface area contributed by atoms with Crippen molar-refractivity contribution in [2.45, 2.75) is 26.3 Å². The zero-order valence-corrected chi connectivity index (χ0v) is 14.1. The van der Waals surface area contributed by atoms with Crippen LogP contribution in [0.25, 0.3) is 11.0 Å². The molecule has 0 aliphatic heterocycles. The summed E-state index contributed by atoms with van der Waals surface area (Å²) in [5.41, 5.74) is 2.64. The smallest absolute Gasteiger partial charge is 0.244 e. The average molecular weight is 323 g/mol. The van der Waals surface area contributed by atoms with Gasteiger partial charge < -0.3 is 14.6 Å². The minimum absolute atomic E-state index is 0.0785. The average Bonchev–Trinajstić information content (AvgIpc) is 2.94. The SMILES string of the molecule is COc1ccc(NC(=O)Cn2c(C(C)C)nc3ccccc32)cc1. The minimum atomic E-state index is -0.0785. The van der Waals surface area contributed by atoms with Gasteiger partial charge in [-0.15, -0.1) is 0 Å². The first kappa shape index (κ1) is 16.1. The van der Waals surface area contributed by atoms with E-state index in [0.29, 0.717) is 0 Å². The predicted octanol–water partition coefficient (Wildman–Crippen LogP) is 3.81. The Hall–Kier alpha value is -2.82. The second-order valence-electron chi connectivity index (χ2n) is 5.98. The molecule has 0 aliphatic carbocycles. The van der Waals surface area contributed by atoms with E-state index in [9.17, 15) is 4.79 Å². The Morgan fingerprint density at radius 2 is 1.88 bits per heavy atom. The number of para-hydroxylation sites is 2. The van der Waals surface area contributed by atoms with E-state index >= 15 is 0 Å². The highest BCUT2D eigenvalue weighted by Gasteiger charge is 2.15. The quantitative estimate of drug-likeness (QED) is 0.777. The van der Waals surface area contributed by atoms with E-state index in [1.165, 1.54) is 0 Å². The van der Waals surface area contributed by atoms with Crippen molar-refractivity contribution in [1.29, 1.82) is 0 Å². The van der Waals surface area contributed by atoms with Crippen LogP contribution in [0.4, 0.5) is 5.69 Å². The third-order valence-corrected chi connectivity index (χ3v) is 3.88. The maximum atomic E-state index is 12.5. The molecule has 3 rings (SSSR count). The third kappa shape index (κ3) is 3.25. The Kier molecular flexibility index (Phi) is 4.51. The highest BCUT2D eigenvalue weighted by Crippen LogP contribution is 2.22. The molecule has 0 aliphatic rings. The van der Waals surface area contributed by atoms with E-state index in [4.69, 9.17) is 4.74 Å². The van der Waals surface area contributed by atoms with Crippen molar-refractivity contribution in [3.05, 3.63) is 54.4 Å². The summed E-state index contributed by atoms with van der Waals surface area (Å²) in [6, 6.07) is 15.2. The Labute approximate surface area is 141 Å². The van der Waals surface area contributed by atoms with Crippen LogP contribution in [0.5, 0.6) is 5.75 Å². The molecular weight excluding hydrogens is 302 g/mol. The minimum Gasteiger partial charge on any atom is -0.497 e. The molecule has 0 bridgehead atoms. The number of amides is 1. The lowest BCUT2D eigenvalue weighted by atomic mass is 10.2. The first-order chi connectivity index (χ1) is 11.6. The van der Waals surface area contributed by atoms with E-state index in [1.54, 1.807) is 7.11 Å². The molecule has 1 amide bonds. The number of hydrogen-bond donors (Lipinski definition) is 1. The maximum absolute atomic E-state index is 12.5. The molecule has 0 saturated heterocycles. The molecular formula is C19H21N3O2. The van der Waals surface area contributed by atoms with Gasteiger partial charge in [0.05, 0.1) is 18.1 Å². The lowest BCUT2D eigenvalue weighted by Crippen LogP contribution is -2.20. The normalized spacial score (nSPS) is 11.0. The largest absolute Gasteiger partial charge is 0.497 e. The van der Waals surface area contributed by atoms with Gasteiger partial charge in [-0.05, 0) is 36.4 Å². The molecule has 0 radical (unpaired) electrons. The fourth-order valence-electron chi connectivity index (χ4n) is 2.72. The number of ether oxygens (including phenoxy) is 1. The van der Waals surface area contributed by atoms with Gasteiger partial charge >= 0.3 is 0 Å². The van der Waals surface area contributed by atoms with Gasteiger partial charge in [-0.2, -0.15) is 0 Å². The van der Waals surface area contributed by atoms with Crippen molar-refractivity contribution in [2.24, 2.45) is 0 Å². The summed E-state index contributed by atoms with van der Waals surface area (Å²) >= 11 is 0. The van der Waals surface area contributed by atoms with Gasteiger partial charge in [0.2, 0.25) is 5.91 Å². The number of aromatic nitrogens is 2. The molecule has 124 valence electrons. The molecule has 1 N–H and O–H groups in total. The van der Waals surface area contributed by atoms with Crippen LogP contribution in [0.1, 0.15) is 25.6 Å². The number of carbonyl (C=O) groups is 1. The van der Waals surface area contributed by atoms with Crippen molar-refractivity contribution >= 4 is 22.6 Å². The third-order valence-electron chi connectivity index (χ3n) is 3.88. The van der Waals surface area contributed by atoms with Crippen LogP contribution < -0.4 is 10.1 Å². The van der Waals surface area contributed by atoms with Crippen LogP contribution in [0, 0.1) is 0 Å². The second kappa shape index (κ2) is 6.74. The van der Waals surface area contributed by atoms with Gasteiger partial charge in [0.15, 0.2) is 0 Å². The fourth-order valence-corrected chi connectivity index (χ4v) is 2.72. The molecule has 0 atom stereocenters. The first-order valence-electron chi connectivity index (χ1n) is 7.97. The number of anilines is 1. The highest BCUT2D eigenvalue weighted by molar-refractivity contribution is 5.91.